The quantitative estimate of drug-likeness (QED) is 0.908. The average Bonchev–Trinajstić information content (AvgIpc) is 2.23. The van der Waals surface area contributed by atoms with Crippen LogP contribution < -0.4 is 0 Å². The van der Waals surface area contributed by atoms with Gasteiger partial charge in [-0.1, -0.05) is 30.1 Å². The lowest BCUT2D eigenvalue weighted by molar-refractivity contribution is -0.140. The minimum Gasteiger partial charge on any atom is -0.481 e. The molecule has 1 N–H and O–H groups in total. The molecule has 0 spiro atoms. The number of benzene rings is 1. The Labute approximate surface area is 112 Å². The molecule has 17 heavy (non-hydrogen) atoms. The van der Waals surface area contributed by atoms with Gasteiger partial charge in [-0.3, -0.25) is 9.00 Å². The van der Waals surface area contributed by atoms with Gasteiger partial charge in [0, 0.05) is 26.6 Å². The predicted molar refractivity (Wildman–Crippen MR) is 70.0 cm³/mol. The van der Waals surface area contributed by atoms with Crippen LogP contribution in [0.2, 0.25) is 10.0 Å². The van der Waals surface area contributed by atoms with Crippen molar-refractivity contribution in [3.63, 3.8) is 0 Å². The Morgan fingerprint density at radius 2 is 2.12 bits per heavy atom. The van der Waals surface area contributed by atoms with E-state index in [2.05, 4.69) is 0 Å². The molecule has 1 aromatic rings. The van der Waals surface area contributed by atoms with Gasteiger partial charge in [0.15, 0.2) is 0 Å². The number of halogens is 2. The molecule has 3 nitrogen and oxygen atoms in total. The zero-order valence-electron chi connectivity index (χ0n) is 9.15. The number of carbonyl (C=O) groups is 1. The van der Waals surface area contributed by atoms with Crippen LogP contribution in [0.25, 0.3) is 0 Å². The maximum atomic E-state index is 11.7. The first-order valence-corrected chi connectivity index (χ1v) is 7.16. The normalized spacial score (nSPS) is 14.3. The molecule has 0 aliphatic carbocycles. The second-order valence-corrected chi connectivity index (χ2v) is 6.07. The van der Waals surface area contributed by atoms with Crippen LogP contribution in [0.3, 0.4) is 0 Å². The summed E-state index contributed by atoms with van der Waals surface area (Å²) in [7, 11) is -1.26. The summed E-state index contributed by atoms with van der Waals surface area (Å²) in [6.45, 7) is 1.53. The van der Waals surface area contributed by atoms with Crippen LogP contribution in [0.1, 0.15) is 12.5 Å². The minimum absolute atomic E-state index is 0.109. The van der Waals surface area contributed by atoms with Crippen molar-refractivity contribution < 1.29 is 14.1 Å². The van der Waals surface area contributed by atoms with Gasteiger partial charge in [0.2, 0.25) is 0 Å². The Hall–Kier alpha value is -0.580. The summed E-state index contributed by atoms with van der Waals surface area (Å²) >= 11 is 11.7. The van der Waals surface area contributed by atoms with Crippen molar-refractivity contribution in [1.82, 2.24) is 0 Å². The van der Waals surface area contributed by atoms with Gasteiger partial charge < -0.3 is 5.11 Å². The summed E-state index contributed by atoms with van der Waals surface area (Å²) in [6.07, 6.45) is 0. The number of rotatable bonds is 5. The third-order valence-electron chi connectivity index (χ3n) is 2.18. The number of carboxylic acid groups (broad SMARTS) is 1. The number of hydrogen-bond donors (Lipinski definition) is 1. The molecular weight excluding hydrogens is 283 g/mol. The monoisotopic (exact) mass is 294 g/mol. The van der Waals surface area contributed by atoms with Gasteiger partial charge in [0.25, 0.3) is 0 Å². The van der Waals surface area contributed by atoms with Crippen molar-refractivity contribution in [2.75, 3.05) is 5.75 Å². The van der Waals surface area contributed by atoms with Crippen LogP contribution in [0, 0.1) is 5.92 Å². The van der Waals surface area contributed by atoms with Gasteiger partial charge in [0.1, 0.15) is 0 Å². The maximum Gasteiger partial charge on any atom is 0.307 e. The summed E-state index contributed by atoms with van der Waals surface area (Å²) in [5.41, 5.74) is 0.676. The molecule has 0 heterocycles. The third-order valence-corrected chi connectivity index (χ3v) is 4.29. The van der Waals surface area contributed by atoms with E-state index < -0.39 is 22.7 Å². The first-order chi connectivity index (χ1) is 7.90. The van der Waals surface area contributed by atoms with E-state index in [0.717, 1.165) is 0 Å². The molecule has 0 amide bonds. The molecule has 0 aromatic heterocycles. The molecule has 1 rings (SSSR count). The Bertz CT molecular complexity index is 448. The van der Waals surface area contributed by atoms with Crippen molar-refractivity contribution in [3.8, 4) is 0 Å². The Morgan fingerprint density at radius 3 is 2.71 bits per heavy atom. The fourth-order valence-electron chi connectivity index (χ4n) is 1.24. The lowest BCUT2D eigenvalue weighted by Crippen LogP contribution is -2.18. The first kappa shape index (κ1) is 14.5. The summed E-state index contributed by atoms with van der Waals surface area (Å²) in [4.78, 5) is 10.6. The molecule has 0 aliphatic heterocycles. The molecule has 0 saturated carbocycles. The smallest absolute Gasteiger partial charge is 0.307 e. The fourth-order valence-corrected chi connectivity index (χ4v) is 3.10. The molecule has 2 unspecified atom stereocenters. The molecule has 0 fully saturated rings. The summed E-state index contributed by atoms with van der Waals surface area (Å²) in [5.74, 6) is -1.25. The predicted octanol–water partition coefficient (Wildman–Crippen LogP) is 2.96. The van der Waals surface area contributed by atoms with E-state index in [4.69, 9.17) is 28.3 Å². The number of carboxylic acids is 1. The molecule has 0 bridgehead atoms. The lowest BCUT2D eigenvalue weighted by Gasteiger charge is -2.07. The average molecular weight is 295 g/mol. The summed E-state index contributed by atoms with van der Waals surface area (Å²) in [6, 6.07) is 4.93. The zero-order valence-corrected chi connectivity index (χ0v) is 11.5. The van der Waals surface area contributed by atoms with Crippen LogP contribution in [0.5, 0.6) is 0 Å². The second-order valence-electron chi connectivity index (χ2n) is 3.73. The summed E-state index contributed by atoms with van der Waals surface area (Å²) < 4.78 is 11.7. The van der Waals surface area contributed by atoms with Gasteiger partial charge in [-0.2, -0.15) is 0 Å². The maximum absolute atomic E-state index is 11.7. The minimum atomic E-state index is -1.26. The molecule has 1 aromatic carbocycles. The molecule has 2 atom stereocenters. The summed E-state index contributed by atoms with van der Waals surface area (Å²) in [5, 5.41) is 9.73. The van der Waals surface area contributed by atoms with Crippen molar-refractivity contribution in [1.29, 1.82) is 0 Å². The first-order valence-electron chi connectivity index (χ1n) is 4.92. The zero-order chi connectivity index (χ0) is 13.0. The highest BCUT2D eigenvalue weighted by Crippen LogP contribution is 2.22. The molecule has 0 aliphatic rings. The molecule has 6 heteroatoms. The van der Waals surface area contributed by atoms with E-state index in [-0.39, 0.29) is 11.5 Å². The van der Waals surface area contributed by atoms with Crippen LogP contribution in [0.15, 0.2) is 18.2 Å². The van der Waals surface area contributed by atoms with Crippen molar-refractivity contribution in [2.24, 2.45) is 5.92 Å². The topological polar surface area (TPSA) is 54.4 Å². The molecular formula is C11H12Cl2O3S. The van der Waals surface area contributed by atoms with Gasteiger partial charge in [-0.05, 0) is 23.8 Å². The molecule has 94 valence electrons. The fraction of sp³-hybridized carbons (Fsp3) is 0.364. The van der Waals surface area contributed by atoms with Gasteiger partial charge in [0.05, 0.1) is 11.7 Å². The van der Waals surface area contributed by atoms with Gasteiger partial charge in [-0.25, -0.2) is 0 Å². The van der Waals surface area contributed by atoms with E-state index in [1.807, 2.05) is 0 Å². The second kappa shape index (κ2) is 6.38. The van der Waals surface area contributed by atoms with E-state index in [9.17, 15) is 9.00 Å². The highest BCUT2D eigenvalue weighted by Gasteiger charge is 2.15. The standard InChI is InChI=1S/C11H12Cl2O3S/c1-7(11(14)15)5-17(16)6-8-4-9(12)2-3-10(8)13/h2-4,7H,5-6H2,1H3,(H,14,15). The molecule has 0 saturated heterocycles. The SMILES string of the molecule is CC(CS(=O)Cc1cc(Cl)ccc1Cl)C(=O)O. The van der Waals surface area contributed by atoms with Gasteiger partial charge >= 0.3 is 5.97 Å². The van der Waals surface area contributed by atoms with E-state index in [0.29, 0.717) is 15.6 Å². The van der Waals surface area contributed by atoms with Crippen LogP contribution >= 0.6 is 23.2 Å². The van der Waals surface area contributed by atoms with E-state index in [1.165, 1.54) is 6.92 Å². The van der Waals surface area contributed by atoms with Crippen LogP contribution in [-0.4, -0.2) is 21.0 Å². The highest BCUT2D eigenvalue weighted by molar-refractivity contribution is 7.84. The van der Waals surface area contributed by atoms with E-state index >= 15 is 0 Å². The number of hydrogen-bond acceptors (Lipinski definition) is 2. The largest absolute Gasteiger partial charge is 0.481 e. The van der Waals surface area contributed by atoms with Crippen molar-refractivity contribution in [2.45, 2.75) is 12.7 Å². The Balaban J connectivity index is 2.68. The van der Waals surface area contributed by atoms with Crippen molar-refractivity contribution in [3.05, 3.63) is 33.8 Å². The van der Waals surface area contributed by atoms with Crippen LogP contribution in [-0.2, 0) is 21.3 Å². The Kier molecular flexibility index (Phi) is 5.43. The number of aliphatic carboxylic acids is 1. The lowest BCUT2D eigenvalue weighted by atomic mass is 10.2. The molecule has 0 radical (unpaired) electrons. The van der Waals surface area contributed by atoms with Crippen LogP contribution in [0.4, 0.5) is 0 Å². The van der Waals surface area contributed by atoms with Crippen molar-refractivity contribution >= 4 is 40.0 Å². The van der Waals surface area contributed by atoms with Gasteiger partial charge in [-0.15, -0.1) is 0 Å². The third kappa shape index (κ3) is 4.66. The highest BCUT2D eigenvalue weighted by atomic mass is 35.5. The van der Waals surface area contributed by atoms with E-state index in [1.54, 1.807) is 18.2 Å². The Morgan fingerprint density at radius 1 is 1.47 bits per heavy atom.